The van der Waals surface area contributed by atoms with Crippen molar-refractivity contribution >= 4 is 11.8 Å². The third-order valence-corrected chi connectivity index (χ3v) is 3.80. The molecule has 1 aliphatic rings. The Hall–Kier alpha value is 0.310. The van der Waals surface area contributed by atoms with E-state index in [4.69, 9.17) is 5.11 Å². The van der Waals surface area contributed by atoms with Crippen molar-refractivity contribution in [3.05, 3.63) is 0 Å². The smallest absolute Gasteiger partial charge is 0.0464 e. The summed E-state index contributed by atoms with van der Waals surface area (Å²) in [4.78, 5) is 0. The third kappa shape index (κ3) is 3.48. The van der Waals surface area contributed by atoms with Crippen molar-refractivity contribution in [1.29, 1.82) is 0 Å². The number of hydrogen-bond donors (Lipinski definition) is 1. The van der Waals surface area contributed by atoms with Gasteiger partial charge >= 0.3 is 0 Å². The Morgan fingerprint density at radius 3 is 2.73 bits per heavy atom. The van der Waals surface area contributed by atoms with E-state index in [2.05, 4.69) is 6.92 Å². The van der Waals surface area contributed by atoms with Gasteiger partial charge < -0.3 is 5.11 Å². The number of thioether (sulfide) groups is 1. The summed E-state index contributed by atoms with van der Waals surface area (Å²) in [6, 6.07) is 0. The third-order valence-electron chi connectivity index (χ3n) is 2.29. The number of aliphatic hydroxyl groups excluding tert-OH is 1. The molecule has 0 bridgehead atoms. The molecule has 1 aliphatic carbocycles. The van der Waals surface area contributed by atoms with Crippen LogP contribution in [0.1, 0.15) is 26.2 Å². The SMILES string of the molecule is CC(CO)CSCC1CCC1. The van der Waals surface area contributed by atoms with E-state index in [0.29, 0.717) is 12.5 Å². The van der Waals surface area contributed by atoms with Crippen molar-refractivity contribution in [2.75, 3.05) is 18.1 Å². The minimum Gasteiger partial charge on any atom is -0.396 e. The maximum absolute atomic E-state index is 8.76. The van der Waals surface area contributed by atoms with E-state index in [9.17, 15) is 0 Å². The molecule has 1 atom stereocenters. The van der Waals surface area contributed by atoms with Crippen LogP contribution >= 0.6 is 11.8 Å². The Morgan fingerprint density at radius 2 is 2.27 bits per heavy atom. The lowest BCUT2D eigenvalue weighted by atomic mass is 9.87. The maximum atomic E-state index is 8.76. The lowest BCUT2D eigenvalue weighted by Gasteiger charge is -2.25. The van der Waals surface area contributed by atoms with E-state index in [1.54, 1.807) is 0 Å². The molecule has 11 heavy (non-hydrogen) atoms. The van der Waals surface area contributed by atoms with Crippen molar-refractivity contribution in [3.8, 4) is 0 Å². The quantitative estimate of drug-likeness (QED) is 0.689. The normalized spacial score (nSPS) is 21.3. The molecule has 0 radical (unpaired) electrons. The van der Waals surface area contributed by atoms with Crippen LogP contribution in [-0.2, 0) is 0 Å². The van der Waals surface area contributed by atoms with Crippen molar-refractivity contribution in [1.82, 2.24) is 0 Å². The highest BCUT2D eigenvalue weighted by molar-refractivity contribution is 7.99. The molecule has 1 unspecified atom stereocenters. The second-order valence-corrected chi connectivity index (χ2v) is 4.70. The topological polar surface area (TPSA) is 20.2 Å². The zero-order chi connectivity index (χ0) is 8.10. The zero-order valence-electron chi connectivity index (χ0n) is 7.25. The van der Waals surface area contributed by atoms with Crippen molar-refractivity contribution in [2.24, 2.45) is 11.8 Å². The van der Waals surface area contributed by atoms with Gasteiger partial charge in [0.1, 0.15) is 0 Å². The molecule has 0 heterocycles. The fourth-order valence-electron chi connectivity index (χ4n) is 1.15. The molecular weight excluding hydrogens is 156 g/mol. The summed E-state index contributed by atoms with van der Waals surface area (Å²) < 4.78 is 0. The second kappa shape index (κ2) is 5.04. The summed E-state index contributed by atoms with van der Waals surface area (Å²) in [5.74, 6) is 3.95. The lowest BCUT2D eigenvalue weighted by molar-refractivity contribution is 0.250. The van der Waals surface area contributed by atoms with E-state index < -0.39 is 0 Å². The molecule has 1 saturated carbocycles. The maximum Gasteiger partial charge on any atom is 0.0464 e. The Labute approximate surface area is 73.6 Å². The summed E-state index contributed by atoms with van der Waals surface area (Å²) in [6.07, 6.45) is 4.34. The molecule has 66 valence electrons. The first-order valence-corrected chi connectivity index (χ1v) is 5.67. The number of rotatable bonds is 5. The summed E-state index contributed by atoms with van der Waals surface area (Å²) >= 11 is 2.01. The van der Waals surface area contributed by atoms with Crippen LogP contribution in [0.2, 0.25) is 0 Å². The van der Waals surface area contributed by atoms with E-state index in [-0.39, 0.29) is 0 Å². The predicted octanol–water partition coefficient (Wildman–Crippen LogP) is 2.15. The van der Waals surface area contributed by atoms with Gasteiger partial charge in [-0.25, -0.2) is 0 Å². The molecule has 1 nitrogen and oxygen atoms in total. The second-order valence-electron chi connectivity index (χ2n) is 3.62. The number of aliphatic hydroxyl groups is 1. The van der Waals surface area contributed by atoms with Gasteiger partial charge in [-0.15, -0.1) is 0 Å². The monoisotopic (exact) mass is 174 g/mol. The van der Waals surface area contributed by atoms with Gasteiger partial charge in [-0.3, -0.25) is 0 Å². The van der Waals surface area contributed by atoms with E-state index >= 15 is 0 Å². The van der Waals surface area contributed by atoms with Crippen molar-refractivity contribution in [2.45, 2.75) is 26.2 Å². The van der Waals surface area contributed by atoms with E-state index in [1.807, 2.05) is 11.8 Å². The summed E-state index contributed by atoms with van der Waals surface area (Å²) in [7, 11) is 0. The molecule has 1 N–H and O–H groups in total. The first kappa shape index (κ1) is 9.40. The molecule has 0 saturated heterocycles. The highest BCUT2D eigenvalue weighted by atomic mass is 32.2. The van der Waals surface area contributed by atoms with E-state index in [1.165, 1.54) is 25.0 Å². The fourth-order valence-corrected chi connectivity index (χ4v) is 2.46. The first-order valence-electron chi connectivity index (χ1n) is 4.51. The molecular formula is C9H18OS. The minimum absolute atomic E-state index is 0.345. The zero-order valence-corrected chi connectivity index (χ0v) is 8.07. The van der Waals surface area contributed by atoms with Gasteiger partial charge in [0.15, 0.2) is 0 Å². The molecule has 0 aromatic rings. The average Bonchev–Trinajstić information content (AvgIpc) is 1.94. The molecule has 1 rings (SSSR count). The minimum atomic E-state index is 0.345. The van der Waals surface area contributed by atoms with Gasteiger partial charge in [0.2, 0.25) is 0 Å². The predicted molar refractivity (Wildman–Crippen MR) is 50.9 cm³/mol. The summed E-state index contributed by atoms with van der Waals surface area (Å²) in [5, 5.41) is 8.76. The molecule has 0 amide bonds. The standard InChI is InChI=1S/C9H18OS/c1-8(5-10)6-11-7-9-3-2-4-9/h8-10H,2-7H2,1H3. The fraction of sp³-hybridized carbons (Fsp3) is 1.00. The summed E-state index contributed by atoms with van der Waals surface area (Å²) in [6.45, 7) is 2.45. The molecule has 0 spiro atoms. The molecule has 0 aromatic carbocycles. The molecule has 2 heteroatoms. The lowest BCUT2D eigenvalue weighted by Crippen LogP contribution is -2.14. The molecule has 0 aromatic heterocycles. The highest BCUT2D eigenvalue weighted by Gasteiger charge is 2.16. The van der Waals surface area contributed by atoms with Gasteiger partial charge in [0.05, 0.1) is 0 Å². The Bertz CT molecular complexity index is 97.0. The van der Waals surface area contributed by atoms with Gasteiger partial charge in [0.25, 0.3) is 0 Å². The van der Waals surface area contributed by atoms with Gasteiger partial charge in [-0.05, 0) is 36.2 Å². The number of hydrogen-bond acceptors (Lipinski definition) is 2. The van der Waals surface area contributed by atoms with Gasteiger partial charge in [-0.1, -0.05) is 13.3 Å². The van der Waals surface area contributed by atoms with Crippen LogP contribution in [0.15, 0.2) is 0 Å². The van der Waals surface area contributed by atoms with Crippen LogP contribution in [0.25, 0.3) is 0 Å². The van der Waals surface area contributed by atoms with Crippen LogP contribution in [-0.4, -0.2) is 23.2 Å². The van der Waals surface area contributed by atoms with Crippen LogP contribution in [0.4, 0.5) is 0 Å². The van der Waals surface area contributed by atoms with Crippen molar-refractivity contribution < 1.29 is 5.11 Å². The van der Waals surface area contributed by atoms with E-state index in [0.717, 1.165) is 11.7 Å². The van der Waals surface area contributed by atoms with Gasteiger partial charge in [0, 0.05) is 6.61 Å². The van der Waals surface area contributed by atoms with Crippen LogP contribution in [0, 0.1) is 11.8 Å². The van der Waals surface area contributed by atoms with Crippen LogP contribution in [0.5, 0.6) is 0 Å². The van der Waals surface area contributed by atoms with Crippen LogP contribution < -0.4 is 0 Å². The Kier molecular flexibility index (Phi) is 4.31. The molecule has 0 aliphatic heterocycles. The summed E-state index contributed by atoms with van der Waals surface area (Å²) in [5.41, 5.74) is 0. The van der Waals surface area contributed by atoms with Gasteiger partial charge in [-0.2, -0.15) is 11.8 Å². The largest absolute Gasteiger partial charge is 0.396 e. The Morgan fingerprint density at radius 1 is 1.55 bits per heavy atom. The average molecular weight is 174 g/mol. The van der Waals surface area contributed by atoms with Crippen LogP contribution in [0.3, 0.4) is 0 Å². The first-order chi connectivity index (χ1) is 5.33. The van der Waals surface area contributed by atoms with Crippen molar-refractivity contribution in [3.63, 3.8) is 0 Å². The Balaban J connectivity index is 1.86. The highest BCUT2D eigenvalue weighted by Crippen LogP contribution is 2.29. The molecule has 1 fully saturated rings.